The fourth-order valence-corrected chi connectivity index (χ4v) is 2.13. The van der Waals surface area contributed by atoms with Crippen molar-refractivity contribution in [3.63, 3.8) is 0 Å². The van der Waals surface area contributed by atoms with Crippen molar-refractivity contribution in [3.8, 4) is 0 Å². The van der Waals surface area contributed by atoms with Crippen LogP contribution in [0, 0.1) is 0 Å². The van der Waals surface area contributed by atoms with E-state index in [4.69, 9.17) is 0 Å². The third kappa shape index (κ3) is 2.81. The number of hydrogen-bond acceptors (Lipinski definition) is 3. The van der Waals surface area contributed by atoms with Crippen LogP contribution in [0.5, 0.6) is 0 Å². The summed E-state index contributed by atoms with van der Waals surface area (Å²) in [6.45, 7) is 3.83. The molecule has 0 aromatic heterocycles. The minimum Gasteiger partial charge on any atom is -0.392 e. The lowest BCUT2D eigenvalue weighted by molar-refractivity contribution is -0.119. The van der Waals surface area contributed by atoms with Crippen LogP contribution in [0.2, 0.25) is 0 Å². The minimum absolute atomic E-state index is 0.00638. The lowest BCUT2D eigenvalue weighted by Gasteiger charge is -2.31. The molecule has 104 valence electrons. The molecule has 1 aliphatic rings. The molecule has 1 aromatic rings. The summed E-state index contributed by atoms with van der Waals surface area (Å²) >= 11 is 0. The SMILES string of the molecule is CC=C1C=CC(=O)NN1/C(=C\C)c1cccc(CO)c1. The van der Waals surface area contributed by atoms with Gasteiger partial charge in [0.2, 0.25) is 0 Å². The van der Waals surface area contributed by atoms with Gasteiger partial charge in [-0.2, -0.15) is 0 Å². The number of nitrogens with zero attached hydrogens (tertiary/aromatic N) is 1. The van der Waals surface area contributed by atoms with Gasteiger partial charge in [0.05, 0.1) is 18.0 Å². The van der Waals surface area contributed by atoms with Gasteiger partial charge in [-0.25, -0.2) is 0 Å². The Morgan fingerprint density at radius 3 is 2.80 bits per heavy atom. The topological polar surface area (TPSA) is 52.6 Å². The zero-order valence-corrected chi connectivity index (χ0v) is 11.6. The fraction of sp³-hybridized carbons (Fsp3) is 0.188. The first-order chi connectivity index (χ1) is 9.69. The Bertz CT molecular complexity index is 600. The Balaban J connectivity index is 2.41. The first-order valence-electron chi connectivity index (χ1n) is 6.51. The Labute approximate surface area is 118 Å². The summed E-state index contributed by atoms with van der Waals surface area (Å²) in [5.74, 6) is -0.159. The molecule has 0 aliphatic carbocycles. The van der Waals surface area contributed by atoms with Crippen molar-refractivity contribution in [2.75, 3.05) is 0 Å². The second kappa shape index (κ2) is 6.21. The molecule has 0 saturated carbocycles. The van der Waals surface area contributed by atoms with Crippen LogP contribution in [-0.4, -0.2) is 16.0 Å². The molecule has 0 saturated heterocycles. The number of allylic oxidation sites excluding steroid dienone is 3. The van der Waals surface area contributed by atoms with Crippen LogP contribution in [0.4, 0.5) is 0 Å². The van der Waals surface area contributed by atoms with E-state index >= 15 is 0 Å². The number of amides is 1. The summed E-state index contributed by atoms with van der Waals surface area (Å²) in [6.07, 6.45) is 7.14. The lowest BCUT2D eigenvalue weighted by Crippen LogP contribution is -2.41. The maximum absolute atomic E-state index is 11.6. The summed E-state index contributed by atoms with van der Waals surface area (Å²) in [5, 5.41) is 11.0. The van der Waals surface area contributed by atoms with Crippen molar-refractivity contribution >= 4 is 11.6 Å². The van der Waals surface area contributed by atoms with Gasteiger partial charge in [-0.15, -0.1) is 0 Å². The van der Waals surface area contributed by atoms with E-state index in [1.54, 1.807) is 11.1 Å². The molecule has 1 amide bonds. The van der Waals surface area contributed by atoms with Gasteiger partial charge in [0.15, 0.2) is 0 Å². The summed E-state index contributed by atoms with van der Waals surface area (Å²) in [5.41, 5.74) is 6.35. The summed E-state index contributed by atoms with van der Waals surface area (Å²) in [4.78, 5) is 11.6. The highest BCUT2D eigenvalue weighted by atomic mass is 16.3. The molecule has 0 radical (unpaired) electrons. The average Bonchev–Trinajstić information content (AvgIpc) is 2.48. The molecule has 1 aromatic carbocycles. The summed E-state index contributed by atoms with van der Waals surface area (Å²) < 4.78 is 0. The second-order valence-corrected chi connectivity index (χ2v) is 4.39. The number of hydrogen-bond donors (Lipinski definition) is 2. The molecule has 4 heteroatoms. The van der Waals surface area contributed by atoms with Crippen molar-refractivity contribution < 1.29 is 9.90 Å². The number of rotatable bonds is 3. The minimum atomic E-state index is -0.159. The molecule has 2 N–H and O–H groups in total. The second-order valence-electron chi connectivity index (χ2n) is 4.39. The lowest BCUT2D eigenvalue weighted by atomic mass is 10.1. The predicted octanol–water partition coefficient (Wildman–Crippen LogP) is 2.35. The van der Waals surface area contributed by atoms with Gasteiger partial charge in [0.1, 0.15) is 0 Å². The molecule has 4 nitrogen and oxygen atoms in total. The molecule has 0 unspecified atom stereocenters. The standard InChI is InChI=1S/C16H18N2O2/c1-3-14-8-9-16(20)17-18(14)15(4-2)13-7-5-6-12(10-13)11-19/h3-10,19H,11H2,1-2H3,(H,17,20)/b14-3?,15-4-. The number of aliphatic hydroxyl groups is 1. The molecule has 20 heavy (non-hydrogen) atoms. The van der Waals surface area contributed by atoms with Crippen molar-refractivity contribution in [1.29, 1.82) is 0 Å². The fourth-order valence-electron chi connectivity index (χ4n) is 2.13. The van der Waals surface area contributed by atoms with E-state index < -0.39 is 0 Å². The maximum Gasteiger partial charge on any atom is 0.262 e. The molecular weight excluding hydrogens is 252 g/mol. The normalized spacial score (nSPS) is 17.6. The van der Waals surface area contributed by atoms with Crippen LogP contribution < -0.4 is 5.43 Å². The highest BCUT2D eigenvalue weighted by molar-refractivity contribution is 5.90. The number of nitrogens with one attached hydrogen (secondary N) is 1. The molecule has 0 bridgehead atoms. The van der Waals surface area contributed by atoms with E-state index in [9.17, 15) is 9.90 Å². The number of carbonyl (C=O) groups is 1. The number of hydrazine groups is 1. The van der Waals surface area contributed by atoms with Crippen LogP contribution >= 0.6 is 0 Å². The molecular formula is C16H18N2O2. The largest absolute Gasteiger partial charge is 0.392 e. The van der Waals surface area contributed by atoms with Gasteiger partial charge < -0.3 is 5.11 Å². The van der Waals surface area contributed by atoms with E-state index in [0.29, 0.717) is 0 Å². The summed E-state index contributed by atoms with van der Waals surface area (Å²) in [7, 11) is 0. The highest BCUT2D eigenvalue weighted by Gasteiger charge is 2.19. The Morgan fingerprint density at radius 2 is 2.15 bits per heavy atom. The number of carbonyl (C=O) groups excluding carboxylic acids is 1. The smallest absolute Gasteiger partial charge is 0.262 e. The molecule has 2 rings (SSSR count). The zero-order valence-electron chi connectivity index (χ0n) is 11.6. The van der Waals surface area contributed by atoms with Crippen LogP contribution in [0.15, 0.2) is 54.3 Å². The van der Waals surface area contributed by atoms with E-state index in [1.807, 2.05) is 50.3 Å². The van der Waals surface area contributed by atoms with Gasteiger partial charge in [-0.1, -0.05) is 30.4 Å². The Hall–Kier alpha value is -2.33. The molecule has 0 spiro atoms. The van der Waals surface area contributed by atoms with E-state index in [-0.39, 0.29) is 12.5 Å². The van der Waals surface area contributed by atoms with Crippen LogP contribution in [-0.2, 0) is 11.4 Å². The van der Waals surface area contributed by atoms with Gasteiger partial charge in [-0.3, -0.25) is 15.2 Å². The average molecular weight is 270 g/mol. The van der Waals surface area contributed by atoms with E-state index in [1.165, 1.54) is 6.08 Å². The van der Waals surface area contributed by atoms with E-state index in [2.05, 4.69) is 5.43 Å². The Morgan fingerprint density at radius 1 is 1.35 bits per heavy atom. The third-order valence-corrected chi connectivity index (χ3v) is 3.10. The van der Waals surface area contributed by atoms with Crippen molar-refractivity contribution in [3.05, 3.63) is 65.4 Å². The highest BCUT2D eigenvalue weighted by Crippen LogP contribution is 2.24. The molecule has 1 heterocycles. The number of benzene rings is 1. The number of aliphatic hydroxyl groups excluding tert-OH is 1. The first kappa shape index (κ1) is 14.1. The van der Waals surface area contributed by atoms with Crippen LogP contribution in [0.1, 0.15) is 25.0 Å². The molecule has 1 aliphatic heterocycles. The third-order valence-electron chi connectivity index (χ3n) is 3.10. The predicted molar refractivity (Wildman–Crippen MR) is 78.9 cm³/mol. The van der Waals surface area contributed by atoms with Gasteiger partial charge in [0, 0.05) is 11.6 Å². The monoisotopic (exact) mass is 270 g/mol. The van der Waals surface area contributed by atoms with Crippen LogP contribution in [0.25, 0.3) is 5.70 Å². The van der Waals surface area contributed by atoms with Crippen molar-refractivity contribution in [2.24, 2.45) is 0 Å². The van der Waals surface area contributed by atoms with Crippen LogP contribution in [0.3, 0.4) is 0 Å². The van der Waals surface area contributed by atoms with Gasteiger partial charge in [-0.05, 0) is 31.6 Å². The Kier molecular flexibility index (Phi) is 4.38. The molecule has 0 fully saturated rings. The van der Waals surface area contributed by atoms with Crippen molar-refractivity contribution in [2.45, 2.75) is 20.5 Å². The maximum atomic E-state index is 11.6. The zero-order chi connectivity index (χ0) is 14.5. The van der Waals surface area contributed by atoms with Gasteiger partial charge >= 0.3 is 0 Å². The van der Waals surface area contributed by atoms with Gasteiger partial charge in [0.25, 0.3) is 5.91 Å². The molecule has 0 atom stereocenters. The van der Waals surface area contributed by atoms with E-state index in [0.717, 1.165) is 22.5 Å². The quantitative estimate of drug-likeness (QED) is 0.886. The summed E-state index contributed by atoms with van der Waals surface area (Å²) in [6, 6.07) is 7.61. The van der Waals surface area contributed by atoms with Crippen molar-refractivity contribution in [1.82, 2.24) is 10.4 Å². The first-order valence-corrected chi connectivity index (χ1v) is 6.51.